The fourth-order valence-corrected chi connectivity index (χ4v) is 1.49. The molecule has 140 valence electrons. The van der Waals surface area contributed by atoms with Crippen LogP contribution in [-0.4, -0.2) is 87.5 Å². The van der Waals surface area contributed by atoms with Crippen LogP contribution in [0.2, 0.25) is 0 Å². The van der Waals surface area contributed by atoms with E-state index in [0.29, 0.717) is 19.8 Å². The van der Waals surface area contributed by atoms with E-state index in [9.17, 15) is 0 Å². The molecule has 4 atom stereocenters. The smallest absolute Gasteiger partial charge is 0.0781 e. The lowest BCUT2D eigenvalue weighted by Crippen LogP contribution is -2.27. The average molecular weight is 338 g/mol. The highest BCUT2D eigenvalue weighted by Crippen LogP contribution is 2.00. The molecule has 2 N–H and O–H groups in total. The first kappa shape index (κ1) is 22.7. The Hall–Kier alpha value is -0.280. The van der Waals surface area contributed by atoms with Crippen LogP contribution in [0.4, 0.5) is 0 Å². The van der Waals surface area contributed by atoms with Crippen LogP contribution in [-0.2, 0) is 23.7 Å². The minimum atomic E-state index is -0.455. The van der Waals surface area contributed by atoms with E-state index in [-0.39, 0.29) is 24.9 Å². The van der Waals surface area contributed by atoms with Gasteiger partial charge in [-0.2, -0.15) is 0 Å². The molecule has 0 radical (unpaired) electrons. The van der Waals surface area contributed by atoms with E-state index >= 15 is 0 Å². The van der Waals surface area contributed by atoms with E-state index in [0.717, 1.165) is 26.4 Å². The summed E-state index contributed by atoms with van der Waals surface area (Å²) in [6.45, 7) is 11.6. The highest BCUT2D eigenvalue weighted by molar-refractivity contribution is 4.55. The normalized spacial score (nSPS) is 20.1. The van der Waals surface area contributed by atoms with Crippen LogP contribution < -0.4 is 0 Å². The van der Waals surface area contributed by atoms with Gasteiger partial charge >= 0.3 is 0 Å². The zero-order valence-electron chi connectivity index (χ0n) is 14.9. The van der Waals surface area contributed by atoms with E-state index < -0.39 is 6.10 Å². The van der Waals surface area contributed by atoms with Crippen LogP contribution >= 0.6 is 0 Å². The van der Waals surface area contributed by atoms with Crippen molar-refractivity contribution in [3.05, 3.63) is 0 Å². The first-order valence-electron chi connectivity index (χ1n) is 8.24. The largest absolute Gasteiger partial charge is 0.394 e. The van der Waals surface area contributed by atoms with Crippen molar-refractivity contribution in [2.24, 2.45) is 0 Å². The maximum Gasteiger partial charge on any atom is 0.0781 e. The molecule has 0 saturated carbocycles. The highest BCUT2D eigenvalue weighted by atomic mass is 16.6. The third-order valence-corrected chi connectivity index (χ3v) is 2.85. The monoisotopic (exact) mass is 338 g/mol. The van der Waals surface area contributed by atoms with Crippen LogP contribution in [0, 0.1) is 0 Å². The van der Waals surface area contributed by atoms with Gasteiger partial charge < -0.3 is 33.9 Å². The van der Waals surface area contributed by atoms with Crippen LogP contribution in [0.25, 0.3) is 0 Å². The van der Waals surface area contributed by atoms with Gasteiger partial charge in [-0.3, -0.25) is 0 Å². The number of hydrogen-bond acceptors (Lipinski definition) is 7. The molecule has 4 unspecified atom stereocenters. The standard InChI is InChI=1S/C12H26O5.C4H8O2/c1-9(14)6-15-11(3)8-17-12(4)7-16-10(2)5-13;1-2-6-4-3-5-1/h9-14H,5-8H2,1-4H3;1-4H2. The molecule has 7 heteroatoms. The molecule has 0 aromatic heterocycles. The van der Waals surface area contributed by atoms with Gasteiger partial charge in [-0.05, 0) is 27.7 Å². The van der Waals surface area contributed by atoms with Gasteiger partial charge in [0.25, 0.3) is 0 Å². The second-order valence-corrected chi connectivity index (χ2v) is 5.69. The molecule has 1 aliphatic heterocycles. The van der Waals surface area contributed by atoms with Crippen LogP contribution in [0.15, 0.2) is 0 Å². The fraction of sp³-hybridized carbons (Fsp3) is 1.00. The molecule has 1 saturated heterocycles. The molecule has 0 aliphatic carbocycles. The van der Waals surface area contributed by atoms with Crippen molar-refractivity contribution in [2.75, 3.05) is 52.9 Å². The molecule has 0 bridgehead atoms. The van der Waals surface area contributed by atoms with Crippen molar-refractivity contribution < 1.29 is 33.9 Å². The number of hydrogen-bond donors (Lipinski definition) is 2. The van der Waals surface area contributed by atoms with E-state index in [1.807, 2.05) is 13.8 Å². The van der Waals surface area contributed by atoms with Crippen molar-refractivity contribution in [3.8, 4) is 0 Å². The van der Waals surface area contributed by atoms with Crippen molar-refractivity contribution in [1.29, 1.82) is 0 Å². The lowest BCUT2D eigenvalue weighted by molar-refractivity contribution is -0.0825. The zero-order chi connectivity index (χ0) is 17.5. The number of ether oxygens (including phenoxy) is 5. The summed E-state index contributed by atoms with van der Waals surface area (Å²) in [6.07, 6.45) is -0.711. The Morgan fingerprint density at radius 3 is 1.48 bits per heavy atom. The fourth-order valence-electron chi connectivity index (χ4n) is 1.49. The van der Waals surface area contributed by atoms with Crippen LogP contribution in [0.3, 0.4) is 0 Å². The van der Waals surface area contributed by atoms with Gasteiger partial charge in [-0.25, -0.2) is 0 Å². The van der Waals surface area contributed by atoms with E-state index in [2.05, 4.69) is 0 Å². The summed E-state index contributed by atoms with van der Waals surface area (Å²) >= 11 is 0. The van der Waals surface area contributed by atoms with Crippen molar-refractivity contribution in [1.82, 2.24) is 0 Å². The minimum Gasteiger partial charge on any atom is -0.394 e. The number of rotatable bonds is 10. The maximum atomic E-state index is 9.04. The second kappa shape index (κ2) is 15.3. The van der Waals surface area contributed by atoms with Gasteiger partial charge in [-0.1, -0.05) is 0 Å². The van der Waals surface area contributed by atoms with Gasteiger partial charge in [0.2, 0.25) is 0 Å². The third-order valence-electron chi connectivity index (χ3n) is 2.85. The molecule has 1 rings (SSSR count). The molecular formula is C16H34O7. The summed E-state index contributed by atoms with van der Waals surface area (Å²) < 4.78 is 26.1. The molecule has 23 heavy (non-hydrogen) atoms. The van der Waals surface area contributed by atoms with Crippen LogP contribution in [0.1, 0.15) is 27.7 Å². The molecule has 0 aromatic rings. The molecule has 7 nitrogen and oxygen atoms in total. The summed E-state index contributed by atoms with van der Waals surface area (Å²) in [4.78, 5) is 0. The van der Waals surface area contributed by atoms with Gasteiger partial charge in [0.15, 0.2) is 0 Å². The van der Waals surface area contributed by atoms with Gasteiger partial charge in [0.05, 0.1) is 77.3 Å². The first-order valence-corrected chi connectivity index (χ1v) is 8.24. The Kier molecular flexibility index (Phi) is 15.1. The predicted octanol–water partition coefficient (Wildman–Crippen LogP) is 0.608. The summed E-state index contributed by atoms with van der Waals surface area (Å²) in [5.41, 5.74) is 0. The van der Waals surface area contributed by atoms with Crippen molar-refractivity contribution in [2.45, 2.75) is 52.1 Å². The van der Waals surface area contributed by atoms with Gasteiger partial charge in [0, 0.05) is 0 Å². The number of aliphatic hydroxyl groups is 2. The summed E-state index contributed by atoms with van der Waals surface area (Å²) in [5, 5.41) is 17.8. The first-order chi connectivity index (χ1) is 11.0. The molecule has 1 fully saturated rings. The van der Waals surface area contributed by atoms with E-state index in [1.165, 1.54) is 0 Å². The lowest BCUT2D eigenvalue weighted by Gasteiger charge is -2.19. The predicted molar refractivity (Wildman–Crippen MR) is 86.6 cm³/mol. The quantitative estimate of drug-likeness (QED) is 0.603. The molecular weight excluding hydrogens is 304 g/mol. The summed E-state index contributed by atoms with van der Waals surface area (Å²) in [7, 11) is 0. The molecule has 1 aliphatic rings. The van der Waals surface area contributed by atoms with Crippen LogP contribution in [0.5, 0.6) is 0 Å². The Morgan fingerprint density at radius 1 is 0.739 bits per heavy atom. The summed E-state index contributed by atoms with van der Waals surface area (Å²) in [6, 6.07) is 0. The Balaban J connectivity index is 0.000000664. The SMILES string of the molecule is C1COCCO1.CC(O)COC(C)COC(C)COC(C)CO. The third kappa shape index (κ3) is 16.4. The number of aliphatic hydroxyl groups excluding tert-OH is 2. The Morgan fingerprint density at radius 2 is 1.13 bits per heavy atom. The summed E-state index contributed by atoms with van der Waals surface area (Å²) in [5.74, 6) is 0. The zero-order valence-corrected chi connectivity index (χ0v) is 14.9. The average Bonchev–Trinajstić information content (AvgIpc) is 2.57. The Bertz CT molecular complexity index is 235. The lowest BCUT2D eigenvalue weighted by atomic mass is 10.3. The molecule has 0 spiro atoms. The molecule has 0 amide bonds. The van der Waals surface area contributed by atoms with Crippen molar-refractivity contribution >= 4 is 0 Å². The topological polar surface area (TPSA) is 86.6 Å². The van der Waals surface area contributed by atoms with Gasteiger partial charge in [-0.15, -0.1) is 0 Å². The second-order valence-electron chi connectivity index (χ2n) is 5.69. The molecule has 0 aromatic carbocycles. The van der Waals surface area contributed by atoms with Gasteiger partial charge in [0.1, 0.15) is 0 Å². The highest BCUT2D eigenvalue weighted by Gasteiger charge is 2.09. The van der Waals surface area contributed by atoms with Crippen molar-refractivity contribution in [3.63, 3.8) is 0 Å². The maximum absolute atomic E-state index is 9.04. The van der Waals surface area contributed by atoms with E-state index in [1.54, 1.807) is 13.8 Å². The minimum absolute atomic E-state index is 0.0145. The Labute approximate surface area is 139 Å². The molecule has 1 heterocycles. The van der Waals surface area contributed by atoms with E-state index in [4.69, 9.17) is 33.9 Å².